The fourth-order valence-electron chi connectivity index (χ4n) is 1.95. The lowest BCUT2D eigenvalue weighted by molar-refractivity contribution is -0.115. The van der Waals surface area contributed by atoms with E-state index in [9.17, 15) is 9.59 Å². The summed E-state index contributed by atoms with van der Waals surface area (Å²) in [4.78, 5) is 22.5. The van der Waals surface area contributed by atoms with Crippen LogP contribution in [0.25, 0.3) is 6.08 Å². The van der Waals surface area contributed by atoms with Crippen LogP contribution in [-0.2, 0) is 11.4 Å². The second kappa shape index (κ2) is 8.15. The first-order valence-electron chi connectivity index (χ1n) is 7.08. The van der Waals surface area contributed by atoms with E-state index in [1.807, 2.05) is 35.6 Å². The number of rotatable bonds is 5. The summed E-state index contributed by atoms with van der Waals surface area (Å²) in [6, 6.07) is 17.3. The number of ether oxygens (including phenoxy) is 1. The Bertz CT molecular complexity index is 808. The number of carbonyl (C=O) groups is 2. The van der Waals surface area contributed by atoms with Crippen molar-refractivity contribution in [3.8, 4) is 11.8 Å². The molecule has 6 heteroatoms. The zero-order chi connectivity index (χ0) is 17.4. The minimum absolute atomic E-state index is 0.246. The molecule has 0 heterocycles. The van der Waals surface area contributed by atoms with Crippen LogP contribution in [0.5, 0.6) is 5.75 Å². The quantitative estimate of drug-likeness (QED) is 0.651. The number of urea groups is 1. The molecule has 24 heavy (non-hydrogen) atoms. The fraction of sp³-hybridized carbons (Fsp3) is 0.0556. The lowest BCUT2D eigenvalue weighted by Gasteiger charge is -2.09. The maximum atomic E-state index is 11.7. The fourth-order valence-corrected chi connectivity index (χ4v) is 1.95. The van der Waals surface area contributed by atoms with Crippen molar-refractivity contribution in [2.45, 2.75) is 6.61 Å². The van der Waals surface area contributed by atoms with E-state index in [0.29, 0.717) is 17.9 Å². The summed E-state index contributed by atoms with van der Waals surface area (Å²) in [5, 5.41) is 11.0. The molecule has 0 aliphatic heterocycles. The molecule has 2 aromatic rings. The van der Waals surface area contributed by atoms with E-state index in [0.717, 1.165) is 5.56 Å². The second-order valence-electron chi connectivity index (χ2n) is 4.80. The lowest BCUT2D eigenvalue weighted by Crippen LogP contribution is -2.35. The number of nitriles is 1. The summed E-state index contributed by atoms with van der Waals surface area (Å²) < 4.78 is 5.75. The first-order valence-corrected chi connectivity index (χ1v) is 7.08. The summed E-state index contributed by atoms with van der Waals surface area (Å²) in [5.41, 5.74) is 6.18. The average Bonchev–Trinajstić information content (AvgIpc) is 2.59. The smallest absolute Gasteiger partial charge is 0.319 e. The van der Waals surface area contributed by atoms with Gasteiger partial charge in [-0.05, 0) is 17.7 Å². The number of imide groups is 1. The van der Waals surface area contributed by atoms with Gasteiger partial charge in [-0.2, -0.15) is 5.26 Å². The number of amides is 3. The van der Waals surface area contributed by atoms with Crippen LogP contribution >= 0.6 is 0 Å². The van der Waals surface area contributed by atoms with Crippen LogP contribution in [0.4, 0.5) is 4.79 Å². The molecule has 120 valence electrons. The number of nitrogens with two attached hydrogens (primary N) is 1. The highest BCUT2D eigenvalue weighted by Gasteiger charge is 2.12. The van der Waals surface area contributed by atoms with E-state index in [-0.39, 0.29) is 5.57 Å². The Morgan fingerprint density at radius 2 is 1.79 bits per heavy atom. The number of hydrogen-bond donors (Lipinski definition) is 2. The molecule has 0 spiro atoms. The van der Waals surface area contributed by atoms with Gasteiger partial charge in [0.1, 0.15) is 24.0 Å². The van der Waals surface area contributed by atoms with Crippen LogP contribution in [0.15, 0.2) is 60.2 Å². The van der Waals surface area contributed by atoms with E-state index in [2.05, 4.69) is 0 Å². The highest BCUT2D eigenvalue weighted by Crippen LogP contribution is 2.22. The van der Waals surface area contributed by atoms with Gasteiger partial charge >= 0.3 is 6.03 Å². The monoisotopic (exact) mass is 321 g/mol. The number of carbonyl (C=O) groups excluding carboxylic acids is 2. The third-order valence-corrected chi connectivity index (χ3v) is 3.06. The number of hydrogen-bond acceptors (Lipinski definition) is 4. The van der Waals surface area contributed by atoms with E-state index in [1.165, 1.54) is 6.08 Å². The Hall–Kier alpha value is -3.59. The summed E-state index contributed by atoms with van der Waals surface area (Å²) in [6.45, 7) is 0.348. The van der Waals surface area contributed by atoms with Gasteiger partial charge in [-0.3, -0.25) is 10.1 Å². The Kier molecular flexibility index (Phi) is 5.70. The predicted octanol–water partition coefficient (Wildman–Crippen LogP) is 2.37. The molecular formula is C18H15N3O3. The van der Waals surface area contributed by atoms with Crippen LogP contribution in [-0.4, -0.2) is 11.9 Å². The number of nitrogens with one attached hydrogen (secondary N) is 1. The van der Waals surface area contributed by atoms with Gasteiger partial charge in [-0.15, -0.1) is 0 Å². The van der Waals surface area contributed by atoms with Crippen LogP contribution in [0, 0.1) is 11.3 Å². The third kappa shape index (κ3) is 4.71. The molecular weight excluding hydrogens is 306 g/mol. The van der Waals surface area contributed by atoms with E-state index in [4.69, 9.17) is 15.7 Å². The Labute approximate surface area is 139 Å². The zero-order valence-corrected chi connectivity index (χ0v) is 12.7. The second-order valence-corrected chi connectivity index (χ2v) is 4.80. The summed E-state index contributed by atoms with van der Waals surface area (Å²) in [5.74, 6) is -0.344. The van der Waals surface area contributed by atoms with Crippen molar-refractivity contribution in [3.05, 3.63) is 71.3 Å². The molecule has 0 fully saturated rings. The van der Waals surface area contributed by atoms with Crippen molar-refractivity contribution in [2.24, 2.45) is 5.73 Å². The van der Waals surface area contributed by atoms with Crippen molar-refractivity contribution < 1.29 is 14.3 Å². The number of para-hydroxylation sites is 1. The first-order chi connectivity index (χ1) is 11.6. The lowest BCUT2D eigenvalue weighted by atomic mass is 10.1. The molecule has 0 aliphatic carbocycles. The Morgan fingerprint density at radius 3 is 2.46 bits per heavy atom. The molecule has 0 unspecified atom stereocenters. The molecule has 2 rings (SSSR count). The molecule has 0 aromatic heterocycles. The number of nitrogens with zero attached hydrogens (tertiary/aromatic N) is 1. The van der Waals surface area contributed by atoms with Gasteiger partial charge in [0.2, 0.25) is 0 Å². The Morgan fingerprint density at radius 1 is 1.12 bits per heavy atom. The van der Waals surface area contributed by atoms with Gasteiger partial charge in [0.15, 0.2) is 0 Å². The average molecular weight is 321 g/mol. The molecule has 0 saturated heterocycles. The molecule has 3 N–H and O–H groups in total. The molecule has 2 aromatic carbocycles. The molecule has 3 amide bonds. The SMILES string of the molecule is N#C/C(=C\c1ccccc1OCc1ccccc1)C(=O)NC(N)=O. The maximum absolute atomic E-state index is 11.7. The van der Waals surface area contributed by atoms with Gasteiger partial charge in [-0.25, -0.2) is 4.79 Å². The van der Waals surface area contributed by atoms with Crippen molar-refractivity contribution >= 4 is 18.0 Å². The van der Waals surface area contributed by atoms with Gasteiger partial charge in [0.05, 0.1) is 0 Å². The van der Waals surface area contributed by atoms with Crippen molar-refractivity contribution in [1.29, 1.82) is 5.26 Å². The van der Waals surface area contributed by atoms with Crippen LogP contribution in [0.3, 0.4) is 0 Å². The third-order valence-electron chi connectivity index (χ3n) is 3.06. The topological polar surface area (TPSA) is 105 Å². The number of benzene rings is 2. The van der Waals surface area contributed by atoms with Crippen molar-refractivity contribution in [3.63, 3.8) is 0 Å². The van der Waals surface area contributed by atoms with Crippen LogP contribution in [0.2, 0.25) is 0 Å². The summed E-state index contributed by atoms with van der Waals surface area (Å²) >= 11 is 0. The summed E-state index contributed by atoms with van der Waals surface area (Å²) in [7, 11) is 0. The molecule has 6 nitrogen and oxygen atoms in total. The molecule has 0 radical (unpaired) electrons. The van der Waals surface area contributed by atoms with Crippen LogP contribution in [0.1, 0.15) is 11.1 Å². The van der Waals surface area contributed by atoms with Crippen molar-refractivity contribution in [1.82, 2.24) is 5.32 Å². The molecule has 0 bridgehead atoms. The zero-order valence-electron chi connectivity index (χ0n) is 12.7. The van der Waals surface area contributed by atoms with Gasteiger partial charge in [-0.1, -0.05) is 48.5 Å². The highest BCUT2D eigenvalue weighted by atomic mass is 16.5. The molecule has 0 atom stereocenters. The van der Waals surface area contributed by atoms with E-state index in [1.54, 1.807) is 30.3 Å². The predicted molar refractivity (Wildman–Crippen MR) is 88.5 cm³/mol. The van der Waals surface area contributed by atoms with E-state index < -0.39 is 11.9 Å². The number of primary amides is 1. The highest BCUT2D eigenvalue weighted by molar-refractivity contribution is 6.08. The first kappa shape index (κ1) is 16.8. The minimum Gasteiger partial charge on any atom is -0.488 e. The van der Waals surface area contributed by atoms with Gasteiger partial charge < -0.3 is 10.5 Å². The van der Waals surface area contributed by atoms with Gasteiger partial charge in [0, 0.05) is 5.56 Å². The van der Waals surface area contributed by atoms with Gasteiger partial charge in [0.25, 0.3) is 5.91 Å². The Balaban J connectivity index is 2.21. The van der Waals surface area contributed by atoms with Crippen molar-refractivity contribution in [2.75, 3.05) is 0 Å². The largest absolute Gasteiger partial charge is 0.488 e. The normalized spacial score (nSPS) is 10.5. The molecule has 0 saturated carbocycles. The minimum atomic E-state index is -1.02. The van der Waals surface area contributed by atoms with E-state index >= 15 is 0 Å². The standard InChI is InChI=1S/C18H15N3O3/c19-11-15(17(22)21-18(20)23)10-14-8-4-5-9-16(14)24-12-13-6-2-1-3-7-13/h1-10H,12H2,(H3,20,21,22,23)/b15-10+. The van der Waals surface area contributed by atoms with Crippen LogP contribution < -0.4 is 15.8 Å². The maximum Gasteiger partial charge on any atom is 0.319 e. The summed E-state index contributed by atoms with van der Waals surface area (Å²) in [6.07, 6.45) is 1.35. The molecule has 0 aliphatic rings.